The molecule has 0 aromatic carbocycles. The predicted octanol–water partition coefficient (Wildman–Crippen LogP) is -3.06. The highest BCUT2D eigenvalue weighted by Crippen LogP contribution is 1.91. The summed E-state index contributed by atoms with van der Waals surface area (Å²) in [6, 6.07) is 0. The summed E-state index contributed by atoms with van der Waals surface area (Å²) in [5.74, 6) is 0. The number of aromatic amines is 3. The zero-order valence-corrected chi connectivity index (χ0v) is 6.62. The van der Waals surface area contributed by atoms with E-state index >= 15 is 0 Å². The van der Waals surface area contributed by atoms with Crippen LogP contribution in [0, 0.1) is 6.57 Å². The highest BCUT2D eigenvalue weighted by Gasteiger charge is 2.12. The van der Waals surface area contributed by atoms with Gasteiger partial charge in [0.1, 0.15) is 5.65 Å². The summed E-state index contributed by atoms with van der Waals surface area (Å²) in [7, 11) is 0. The minimum absolute atomic E-state index is 0. The molecule has 0 saturated carbocycles. The maximum atomic E-state index is 11.3. The molecule has 0 unspecified atom stereocenters. The molecule has 2 aromatic rings. The summed E-state index contributed by atoms with van der Waals surface area (Å²) < 4.78 is 0.298. The Balaban J connectivity index is 0.00000112. The lowest BCUT2D eigenvalue weighted by Gasteiger charge is -1.87. The third-order valence-electron chi connectivity index (χ3n) is 1.66. The molecule has 0 saturated heterocycles. The van der Waals surface area contributed by atoms with Gasteiger partial charge in [0.2, 0.25) is 0 Å². The molecule has 0 fully saturated rings. The molecule has 0 aliphatic heterocycles. The van der Waals surface area contributed by atoms with Crippen molar-refractivity contribution in [2.75, 3.05) is 0 Å². The van der Waals surface area contributed by atoms with Crippen LogP contribution in [-0.4, -0.2) is 30.6 Å². The molecular formula is C6H7N5O3Si. The predicted molar refractivity (Wildman–Crippen MR) is 57.1 cm³/mol. The second kappa shape index (κ2) is 3.43. The molecular weight excluding hydrogens is 218 g/mol. The highest BCUT2D eigenvalue weighted by molar-refractivity contribution is 5.75. The van der Waals surface area contributed by atoms with E-state index in [1.165, 1.54) is 0 Å². The molecule has 0 bridgehead atoms. The average molecular weight is 225 g/mol. The van der Waals surface area contributed by atoms with Crippen molar-refractivity contribution in [3.63, 3.8) is 0 Å². The van der Waals surface area contributed by atoms with Gasteiger partial charge in [0, 0.05) is 0 Å². The van der Waals surface area contributed by atoms with Gasteiger partial charge in [-0.25, -0.2) is 9.59 Å². The summed E-state index contributed by atoms with van der Waals surface area (Å²) in [5, 5.41) is 0. The van der Waals surface area contributed by atoms with Gasteiger partial charge < -0.3 is 0 Å². The Morgan fingerprint density at radius 3 is 2.40 bits per heavy atom. The van der Waals surface area contributed by atoms with Gasteiger partial charge in [0.25, 0.3) is 0 Å². The Morgan fingerprint density at radius 1 is 1.13 bits per heavy atom. The quantitative estimate of drug-likeness (QED) is 0.327. The van der Waals surface area contributed by atoms with Crippen molar-refractivity contribution in [3.8, 4) is 0 Å². The molecule has 0 aliphatic rings. The number of H-pyrrole nitrogens is 3. The molecule has 2 rings (SSSR count). The van der Waals surface area contributed by atoms with E-state index in [0.717, 1.165) is 0 Å². The molecule has 0 spiro atoms. The van der Waals surface area contributed by atoms with Gasteiger partial charge >= 0.3 is 16.9 Å². The fourth-order valence-electron chi connectivity index (χ4n) is 1.09. The lowest BCUT2D eigenvalue weighted by atomic mass is 10.5. The van der Waals surface area contributed by atoms with Gasteiger partial charge in [0.05, 0.1) is 4.68 Å². The monoisotopic (exact) mass is 225 g/mol. The second-order valence-electron chi connectivity index (χ2n) is 2.48. The zero-order valence-electron chi connectivity index (χ0n) is 6.62. The number of nitrogens with zero attached hydrogens (tertiary/aromatic N) is 2. The van der Waals surface area contributed by atoms with E-state index in [-0.39, 0.29) is 22.1 Å². The fraction of sp³-hybridized carbons (Fsp3) is 0. The molecule has 2 heterocycles. The van der Waals surface area contributed by atoms with Gasteiger partial charge in [0.15, 0.2) is 5.52 Å². The molecule has 2 aromatic heterocycles. The smallest absolute Gasteiger partial charge is 0.300 e. The van der Waals surface area contributed by atoms with Gasteiger partial charge in [-0.2, -0.15) is 6.57 Å². The number of hydrogen-bond acceptors (Lipinski definition) is 3. The van der Waals surface area contributed by atoms with E-state index in [1.807, 2.05) is 0 Å². The average Bonchev–Trinajstić information content (AvgIpc) is 2.47. The number of rotatable bonds is 0. The largest absolute Gasteiger partial charge is 0.398 e. The maximum Gasteiger partial charge on any atom is 0.398 e. The third kappa shape index (κ3) is 1.42. The first-order valence-corrected chi connectivity index (χ1v) is 3.48. The highest BCUT2D eigenvalue weighted by atomic mass is 28.1. The zero-order chi connectivity index (χ0) is 10.3. The van der Waals surface area contributed by atoms with E-state index in [9.17, 15) is 14.4 Å². The number of fused-ring (bicyclic) bond motifs is 1. The Bertz CT molecular complexity index is 711. The van der Waals surface area contributed by atoms with E-state index in [2.05, 4.69) is 19.9 Å². The maximum absolute atomic E-state index is 11.3. The van der Waals surface area contributed by atoms with Gasteiger partial charge in [-0.3, -0.25) is 19.7 Å². The van der Waals surface area contributed by atoms with Crippen LogP contribution >= 0.6 is 0 Å². The van der Waals surface area contributed by atoms with E-state index in [4.69, 9.17) is 6.57 Å². The Hall–Kier alpha value is -2.34. The summed E-state index contributed by atoms with van der Waals surface area (Å²) >= 11 is 0. The molecule has 0 radical (unpaired) electrons. The van der Waals surface area contributed by atoms with Crippen molar-refractivity contribution in [2.24, 2.45) is 0 Å². The molecule has 0 amide bonds. The first kappa shape index (κ1) is 10.7. The van der Waals surface area contributed by atoms with Crippen molar-refractivity contribution >= 4 is 22.1 Å². The van der Waals surface area contributed by atoms with Crippen LogP contribution in [-0.2, 0) is 0 Å². The minimum Gasteiger partial charge on any atom is -0.300 e. The Morgan fingerprint density at radius 2 is 1.80 bits per heavy atom. The number of imidazole rings is 1. The van der Waals surface area contributed by atoms with Crippen molar-refractivity contribution in [1.29, 1.82) is 0 Å². The molecule has 3 N–H and O–H groups in total. The number of hydrogen-bond donors (Lipinski definition) is 3. The summed E-state index contributed by atoms with van der Waals surface area (Å²) in [6.07, 6.45) is 0. The standard InChI is InChI=1S/C6H3N5O3.H4Si/c1-7-11-4(12)2-3(10-6(11)14)9-5(13)8-2;/h(H,10,14)(H2,8,9,13);1H4. The Kier molecular flexibility index (Phi) is 2.45. The van der Waals surface area contributed by atoms with Crippen molar-refractivity contribution in [1.82, 2.24) is 19.6 Å². The second-order valence-corrected chi connectivity index (χ2v) is 2.48. The van der Waals surface area contributed by atoms with Crippen LogP contribution in [0.1, 0.15) is 0 Å². The number of nitrogens with one attached hydrogen (secondary N) is 3. The lowest BCUT2D eigenvalue weighted by Crippen LogP contribution is -2.30. The minimum atomic E-state index is -0.882. The number of aromatic nitrogens is 4. The van der Waals surface area contributed by atoms with Crippen molar-refractivity contribution in [2.45, 2.75) is 0 Å². The van der Waals surface area contributed by atoms with Gasteiger partial charge in [-0.15, -0.1) is 4.95 Å². The van der Waals surface area contributed by atoms with E-state index in [0.29, 0.717) is 4.68 Å². The molecule has 0 aliphatic carbocycles. The topological polar surface area (TPSA) is 108 Å². The lowest BCUT2D eigenvalue weighted by molar-refractivity contribution is 0.891. The van der Waals surface area contributed by atoms with Crippen LogP contribution in [0.5, 0.6) is 0 Å². The van der Waals surface area contributed by atoms with E-state index in [1.54, 1.807) is 0 Å². The van der Waals surface area contributed by atoms with Crippen LogP contribution in [0.25, 0.3) is 16.1 Å². The van der Waals surface area contributed by atoms with Gasteiger partial charge in [-0.1, -0.05) is 0 Å². The summed E-state index contributed by atoms with van der Waals surface area (Å²) in [5.41, 5.74) is -2.48. The SMILES string of the molecule is [C-]#[N+]n1c(=O)[nH]c2[nH]c(=O)[nH]c2c1=O.[SiH4]. The molecule has 0 atom stereocenters. The summed E-state index contributed by atoms with van der Waals surface area (Å²) in [6.45, 7) is 6.57. The molecule has 78 valence electrons. The first-order valence-electron chi connectivity index (χ1n) is 3.48. The van der Waals surface area contributed by atoms with Gasteiger partial charge in [-0.05, 0) is 11.0 Å². The van der Waals surface area contributed by atoms with E-state index < -0.39 is 16.9 Å². The van der Waals surface area contributed by atoms with Crippen LogP contribution in [0.15, 0.2) is 14.4 Å². The van der Waals surface area contributed by atoms with Crippen molar-refractivity contribution < 1.29 is 0 Å². The summed E-state index contributed by atoms with van der Waals surface area (Å²) in [4.78, 5) is 42.4. The molecule has 8 nitrogen and oxygen atoms in total. The third-order valence-corrected chi connectivity index (χ3v) is 1.66. The molecule has 9 heteroatoms. The normalized spacial score (nSPS) is 9.53. The fourth-order valence-corrected chi connectivity index (χ4v) is 1.09. The first-order chi connectivity index (χ1) is 6.63. The van der Waals surface area contributed by atoms with Crippen LogP contribution in [0.4, 0.5) is 0 Å². The van der Waals surface area contributed by atoms with Crippen molar-refractivity contribution in [3.05, 3.63) is 42.8 Å². The van der Waals surface area contributed by atoms with Crippen LogP contribution < -0.4 is 16.9 Å². The van der Waals surface area contributed by atoms with Crippen LogP contribution in [0.3, 0.4) is 0 Å². The Labute approximate surface area is 85.4 Å². The van der Waals surface area contributed by atoms with Crippen LogP contribution in [0.2, 0.25) is 0 Å². The molecule has 15 heavy (non-hydrogen) atoms.